The fourth-order valence-corrected chi connectivity index (χ4v) is 7.12. The van der Waals surface area contributed by atoms with Gasteiger partial charge in [-0.1, -0.05) is 171 Å². The summed E-state index contributed by atoms with van der Waals surface area (Å²) < 4.78 is 32.6. The highest BCUT2D eigenvalue weighted by Crippen LogP contribution is 2.43. The van der Waals surface area contributed by atoms with E-state index in [0.717, 1.165) is 89.9 Å². The first-order valence-corrected chi connectivity index (χ1v) is 25.2. The molecular weight excluding hydrogens is 780 g/mol. The molecule has 0 bridgehead atoms. The molecule has 0 aliphatic heterocycles. The Morgan fingerprint density at radius 2 is 0.783 bits per heavy atom. The minimum Gasteiger partial charge on any atom is -0.457 e. The maximum atomic E-state index is 12.4. The van der Waals surface area contributed by atoms with Crippen molar-refractivity contribution in [2.24, 2.45) is 0 Å². The van der Waals surface area contributed by atoms with Crippen molar-refractivity contribution in [1.82, 2.24) is 0 Å². The van der Waals surface area contributed by atoms with Gasteiger partial charge in [0, 0.05) is 12.8 Å². The van der Waals surface area contributed by atoms with Gasteiger partial charge < -0.3 is 24.6 Å². The van der Waals surface area contributed by atoms with Crippen LogP contribution >= 0.6 is 7.82 Å². The van der Waals surface area contributed by atoms with Crippen LogP contribution in [0.5, 0.6) is 0 Å². The number of ether oxygens (including phenoxy) is 2. The standard InChI is InChI=1S/C49H87O10P/c1-3-5-7-9-11-13-15-17-19-21-22-23-24-25-27-29-31-33-35-37-39-41-49(53)59-47(43-51)45-57-60(54,55)56-44-46(42-50)58-48(52)40-38-36-34-32-30-28-26-20-18-16-14-12-10-8-6-4-2/h5,7,11,13,17,19-20,22-23,26,46-47,50-51H,3-4,6,8-10,12,14-16,18,21,24-25,27-45H2,1-2H3,(H,54,55)/b7-5-,13-11-,19-17-,23-22-,26-20-. The number of aliphatic hydroxyl groups is 2. The van der Waals surface area contributed by atoms with Crippen LogP contribution < -0.4 is 0 Å². The summed E-state index contributed by atoms with van der Waals surface area (Å²) in [5.41, 5.74) is 0. The van der Waals surface area contributed by atoms with Crippen molar-refractivity contribution in [2.75, 3.05) is 26.4 Å². The topological polar surface area (TPSA) is 149 Å². The number of hydrogen-bond donors (Lipinski definition) is 3. The first-order valence-electron chi connectivity index (χ1n) is 23.7. The van der Waals surface area contributed by atoms with E-state index < -0.39 is 58.4 Å². The third-order valence-corrected chi connectivity index (χ3v) is 10.9. The second-order valence-corrected chi connectivity index (χ2v) is 17.2. The van der Waals surface area contributed by atoms with Gasteiger partial charge in [-0.25, -0.2) is 4.57 Å². The van der Waals surface area contributed by atoms with Crippen molar-refractivity contribution in [1.29, 1.82) is 0 Å². The highest BCUT2D eigenvalue weighted by Gasteiger charge is 2.27. The Morgan fingerprint density at radius 3 is 1.15 bits per heavy atom. The molecule has 0 heterocycles. The van der Waals surface area contributed by atoms with Gasteiger partial charge in [0.1, 0.15) is 12.2 Å². The average Bonchev–Trinajstić information content (AvgIpc) is 3.24. The van der Waals surface area contributed by atoms with E-state index in [-0.39, 0.29) is 12.8 Å². The average molecular weight is 867 g/mol. The zero-order valence-electron chi connectivity index (χ0n) is 37.9. The number of unbranched alkanes of at least 4 members (excludes halogenated alkanes) is 20. The lowest BCUT2D eigenvalue weighted by Crippen LogP contribution is -2.28. The number of hydrogen-bond acceptors (Lipinski definition) is 9. The van der Waals surface area contributed by atoms with E-state index in [1.54, 1.807) is 0 Å². The summed E-state index contributed by atoms with van der Waals surface area (Å²) >= 11 is 0. The third-order valence-electron chi connectivity index (χ3n) is 9.96. The highest BCUT2D eigenvalue weighted by molar-refractivity contribution is 7.47. The maximum Gasteiger partial charge on any atom is 0.472 e. The lowest BCUT2D eigenvalue weighted by molar-refractivity contribution is -0.153. The second kappa shape index (κ2) is 44.7. The van der Waals surface area contributed by atoms with E-state index in [2.05, 4.69) is 74.6 Å². The van der Waals surface area contributed by atoms with Gasteiger partial charge in [-0.3, -0.25) is 18.6 Å². The monoisotopic (exact) mass is 867 g/mol. The Labute approximate surface area is 366 Å². The molecule has 0 aliphatic carbocycles. The molecule has 0 saturated heterocycles. The number of carbonyl (C=O) groups excluding carboxylic acids is 2. The summed E-state index contributed by atoms with van der Waals surface area (Å²) in [6.07, 6.45) is 50.4. The van der Waals surface area contributed by atoms with Crippen molar-refractivity contribution < 1.29 is 47.8 Å². The quantitative estimate of drug-likeness (QED) is 0.0234. The number of phosphoric acid groups is 1. The van der Waals surface area contributed by atoms with Crippen LogP contribution in [0.3, 0.4) is 0 Å². The lowest BCUT2D eigenvalue weighted by Gasteiger charge is -2.20. The molecule has 3 N–H and O–H groups in total. The van der Waals surface area contributed by atoms with Gasteiger partial charge in [0.15, 0.2) is 0 Å². The highest BCUT2D eigenvalue weighted by atomic mass is 31.2. The van der Waals surface area contributed by atoms with Gasteiger partial charge in [-0.15, -0.1) is 0 Å². The summed E-state index contributed by atoms with van der Waals surface area (Å²) in [5.74, 6) is -1.04. The van der Waals surface area contributed by atoms with Crippen LogP contribution in [0, 0.1) is 0 Å². The van der Waals surface area contributed by atoms with Crippen LogP contribution in [-0.2, 0) is 32.7 Å². The summed E-state index contributed by atoms with van der Waals surface area (Å²) in [6, 6.07) is 0. The molecule has 0 aliphatic rings. The molecule has 0 aromatic rings. The van der Waals surface area contributed by atoms with Crippen molar-refractivity contribution in [3.8, 4) is 0 Å². The van der Waals surface area contributed by atoms with Crippen LogP contribution in [0.2, 0.25) is 0 Å². The summed E-state index contributed by atoms with van der Waals surface area (Å²) in [6.45, 7) is 2.08. The number of phosphoric ester groups is 1. The maximum absolute atomic E-state index is 12.4. The summed E-state index contributed by atoms with van der Waals surface area (Å²) in [7, 11) is -4.65. The number of carbonyl (C=O) groups is 2. The van der Waals surface area contributed by atoms with E-state index in [0.29, 0.717) is 12.8 Å². The smallest absolute Gasteiger partial charge is 0.457 e. The molecule has 0 radical (unpaired) electrons. The zero-order chi connectivity index (χ0) is 44.0. The van der Waals surface area contributed by atoms with Crippen LogP contribution in [-0.4, -0.2) is 65.7 Å². The summed E-state index contributed by atoms with van der Waals surface area (Å²) in [5, 5.41) is 19.2. The lowest BCUT2D eigenvalue weighted by atomic mass is 10.1. The van der Waals surface area contributed by atoms with Gasteiger partial charge in [-0.2, -0.15) is 0 Å². The van der Waals surface area contributed by atoms with Gasteiger partial charge >= 0.3 is 19.8 Å². The van der Waals surface area contributed by atoms with Crippen molar-refractivity contribution in [3.05, 3.63) is 60.8 Å². The van der Waals surface area contributed by atoms with E-state index >= 15 is 0 Å². The first kappa shape index (κ1) is 57.7. The molecule has 60 heavy (non-hydrogen) atoms. The van der Waals surface area contributed by atoms with Gasteiger partial charge in [-0.05, 0) is 77.0 Å². The van der Waals surface area contributed by atoms with Crippen molar-refractivity contribution >= 4 is 19.8 Å². The molecule has 10 nitrogen and oxygen atoms in total. The molecule has 0 aromatic heterocycles. The molecule has 348 valence electrons. The minimum absolute atomic E-state index is 0.180. The fraction of sp³-hybridized carbons (Fsp3) is 0.755. The third kappa shape index (κ3) is 42.4. The molecule has 0 amide bonds. The fourth-order valence-electron chi connectivity index (χ4n) is 6.34. The first-order chi connectivity index (χ1) is 29.3. The van der Waals surface area contributed by atoms with E-state index in [1.165, 1.54) is 70.6 Å². The molecule has 3 unspecified atom stereocenters. The summed E-state index contributed by atoms with van der Waals surface area (Å²) in [4.78, 5) is 34.6. The van der Waals surface area contributed by atoms with Gasteiger partial charge in [0.25, 0.3) is 0 Å². The SMILES string of the molecule is CC/C=C\C/C=C\C/C=C\C/C=C\CCCCCCCCCCC(=O)OC(CO)COP(=O)(O)OCC(CO)OC(=O)CCCCCCC/C=C\CCCCCCCCC. The minimum atomic E-state index is -4.65. The molecule has 0 fully saturated rings. The molecule has 0 spiro atoms. The number of rotatable bonds is 44. The normalized spacial score (nSPS) is 14.3. The number of allylic oxidation sites excluding steroid dienone is 10. The Kier molecular flexibility index (Phi) is 43.0. The largest absolute Gasteiger partial charge is 0.472 e. The molecule has 0 rings (SSSR count). The Bertz CT molecular complexity index is 1180. The zero-order valence-corrected chi connectivity index (χ0v) is 38.8. The molecule has 0 saturated carbocycles. The van der Waals surface area contributed by atoms with E-state index in [4.69, 9.17) is 18.5 Å². The Morgan fingerprint density at radius 1 is 0.467 bits per heavy atom. The Hall–Kier alpha value is -2.33. The predicted octanol–water partition coefficient (Wildman–Crippen LogP) is 13.1. The van der Waals surface area contributed by atoms with Crippen LogP contribution in [0.25, 0.3) is 0 Å². The molecular formula is C49H87O10P. The van der Waals surface area contributed by atoms with Crippen molar-refractivity contribution in [3.63, 3.8) is 0 Å². The van der Waals surface area contributed by atoms with Gasteiger partial charge in [0.05, 0.1) is 26.4 Å². The van der Waals surface area contributed by atoms with E-state index in [1.807, 2.05) is 0 Å². The van der Waals surface area contributed by atoms with Crippen LogP contribution in [0.1, 0.15) is 200 Å². The number of aliphatic hydroxyl groups excluding tert-OH is 2. The van der Waals surface area contributed by atoms with Crippen molar-refractivity contribution in [2.45, 2.75) is 212 Å². The van der Waals surface area contributed by atoms with Crippen LogP contribution in [0.15, 0.2) is 60.8 Å². The predicted molar refractivity (Wildman–Crippen MR) is 247 cm³/mol. The second-order valence-electron chi connectivity index (χ2n) is 15.7. The molecule has 0 aromatic carbocycles. The number of esters is 2. The van der Waals surface area contributed by atoms with E-state index in [9.17, 15) is 29.3 Å². The van der Waals surface area contributed by atoms with Crippen LogP contribution in [0.4, 0.5) is 0 Å². The molecule has 3 atom stereocenters. The van der Waals surface area contributed by atoms with Gasteiger partial charge in [0.2, 0.25) is 0 Å². The molecule has 11 heteroatoms. The Balaban J connectivity index is 3.90.